The van der Waals surface area contributed by atoms with Gasteiger partial charge in [0.15, 0.2) is 0 Å². The summed E-state index contributed by atoms with van der Waals surface area (Å²) in [6, 6.07) is 2.22. The maximum atomic E-state index is 12.2. The fourth-order valence-corrected chi connectivity index (χ4v) is 5.07. The predicted octanol–water partition coefficient (Wildman–Crippen LogP) is 2.14. The Balaban J connectivity index is 1.60. The van der Waals surface area contributed by atoms with E-state index in [1.54, 1.807) is 7.11 Å². The number of likely N-dealkylation sites (tertiary alicyclic amines) is 1. The van der Waals surface area contributed by atoms with E-state index in [1.165, 1.54) is 11.3 Å². The number of hydrogen-bond donors (Lipinski definition) is 1. The highest BCUT2D eigenvalue weighted by molar-refractivity contribution is 7.17. The summed E-state index contributed by atoms with van der Waals surface area (Å²) in [4.78, 5) is 22.2. The van der Waals surface area contributed by atoms with Crippen LogP contribution in [0.5, 0.6) is 0 Å². The molecule has 24 heavy (non-hydrogen) atoms. The zero-order valence-corrected chi connectivity index (χ0v) is 14.9. The molecule has 0 amide bonds. The van der Waals surface area contributed by atoms with Gasteiger partial charge in [-0.1, -0.05) is 0 Å². The Morgan fingerprint density at radius 1 is 1.46 bits per heavy atom. The Hall–Kier alpha value is -1.28. The molecule has 2 aromatic rings. The molecular weight excluding hydrogens is 326 g/mol. The summed E-state index contributed by atoms with van der Waals surface area (Å²) in [7, 11) is 3.61. The summed E-state index contributed by atoms with van der Waals surface area (Å²) >= 11 is 1.43. The van der Waals surface area contributed by atoms with Gasteiger partial charge in [-0.25, -0.2) is 4.98 Å². The number of rotatable bonds is 4. The Morgan fingerprint density at radius 3 is 3.12 bits per heavy atom. The number of hydrogen-bond acceptors (Lipinski definition) is 6. The van der Waals surface area contributed by atoms with E-state index in [1.807, 2.05) is 18.6 Å². The number of ether oxygens (including phenoxy) is 2. The molecule has 7 heteroatoms. The number of nitrogens with one attached hydrogen (secondary N) is 1. The standard InChI is InChI=1S/C17H23N3O3S/c1-22-11-3-5-17(23-2)6-7-20(13(17)9-11)10-14-18-12-4-8-24-15(12)16(21)19-14/h4,8,11,13H,3,5-7,9-10H2,1-2H3,(H,18,19,21)/t11-,13-,17+/m0/s1. The van der Waals surface area contributed by atoms with Crippen molar-refractivity contribution in [1.82, 2.24) is 14.9 Å². The van der Waals surface area contributed by atoms with E-state index in [0.29, 0.717) is 17.3 Å². The van der Waals surface area contributed by atoms with Gasteiger partial charge in [0.25, 0.3) is 5.56 Å². The number of aromatic nitrogens is 2. The molecule has 0 bridgehead atoms. The van der Waals surface area contributed by atoms with Crippen molar-refractivity contribution in [2.75, 3.05) is 20.8 Å². The van der Waals surface area contributed by atoms with Crippen LogP contribution in [0, 0.1) is 0 Å². The molecule has 3 atom stereocenters. The molecule has 2 aliphatic rings. The van der Waals surface area contributed by atoms with Crippen LogP contribution < -0.4 is 5.56 Å². The zero-order valence-electron chi connectivity index (χ0n) is 14.1. The third-order valence-corrected chi connectivity index (χ3v) is 6.60. The molecule has 3 heterocycles. The summed E-state index contributed by atoms with van der Waals surface area (Å²) in [5.74, 6) is 0.734. The first kappa shape index (κ1) is 16.2. The van der Waals surface area contributed by atoms with Crippen LogP contribution in [-0.2, 0) is 16.0 Å². The van der Waals surface area contributed by atoms with Crippen LogP contribution in [-0.4, -0.2) is 53.4 Å². The van der Waals surface area contributed by atoms with Crippen LogP contribution in [0.3, 0.4) is 0 Å². The largest absolute Gasteiger partial charge is 0.381 e. The SMILES string of the molecule is CO[C@H]1CC[C@@]2(OC)CCN(Cc3nc4ccsc4c(=O)[nH]3)[C@H]2C1. The summed E-state index contributed by atoms with van der Waals surface area (Å²) in [5, 5.41) is 1.91. The van der Waals surface area contributed by atoms with E-state index < -0.39 is 0 Å². The quantitative estimate of drug-likeness (QED) is 0.916. The van der Waals surface area contributed by atoms with Crippen molar-refractivity contribution in [2.45, 2.75) is 50.0 Å². The lowest BCUT2D eigenvalue weighted by molar-refractivity contribution is -0.0949. The molecule has 1 aliphatic heterocycles. The first-order valence-electron chi connectivity index (χ1n) is 8.43. The van der Waals surface area contributed by atoms with Crippen molar-refractivity contribution in [2.24, 2.45) is 0 Å². The van der Waals surface area contributed by atoms with Crippen LogP contribution in [0.25, 0.3) is 10.2 Å². The lowest BCUT2D eigenvalue weighted by Gasteiger charge is -2.43. The van der Waals surface area contributed by atoms with E-state index in [4.69, 9.17) is 9.47 Å². The van der Waals surface area contributed by atoms with Gasteiger partial charge in [-0.15, -0.1) is 11.3 Å². The molecule has 130 valence electrons. The Kier molecular flexibility index (Phi) is 4.20. The highest BCUT2D eigenvalue weighted by Gasteiger charge is 2.51. The lowest BCUT2D eigenvalue weighted by Crippen LogP contribution is -2.51. The lowest BCUT2D eigenvalue weighted by atomic mass is 9.79. The van der Waals surface area contributed by atoms with Gasteiger partial charge in [0.1, 0.15) is 10.5 Å². The van der Waals surface area contributed by atoms with E-state index in [0.717, 1.165) is 43.6 Å². The van der Waals surface area contributed by atoms with Gasteiger partial charge in [0.2, 0.25) is 0 Å². The average molecular weight is 349 g/mol. The number of fused-ring (bicyclic) bond motifs is 2. The maximum absolute atomic E-state index is 12.2. The molecule has 0 radical (unpaired) electrons. The molecule has 6 nitrogen and oxygen atoms in total. The minimum Gasteiger partial charge on any atom is -0.381 e. The number of H-pyrrole nitrogens is 1. The van der Waals surface area contributed by atoms with E-state index in [9.17, 15) is 4.79 Å². The number of methoxy groups -OCH3 is 2. The van der Waals surface area contributed by atoms with Crippen LogP contribution in [0.4, 0.5) is 0 Å². The first-order chi connectivity index (χ1) is 11.6. The normalized spacial score (nSPS) is 30.8. The molecule has 4 rings (SSSR count). The van der Waals surface area contributed by atoms with Crippen molar-refractivity contribution in [3.63, 3.8) is 0 Å². The minimum atomic E-state index is -0.0815. The molecule has 2 fully saturated rings. The highest BCUT2D eigenvalue weighted by atomic mass is 32.1. The summed E-state index contributed by atoms with van der Waals surface area (Å²) < 4.78 is 12.3. The van der Waals surface area contributed by atoms with Crippen molar-refractivity contribution >= 4 is 21.6 Å². The van der Waals surface area contributed by atoms with Gasteiger partial charge >= 0.3 is 0 Å². The number of thiophene rings is 1. The fourth-order valence-electron chi connectivity index (χ4n) is 4.35. The number of aromatic amines is 1. The Labute approximate surface area is 144 Å². The van der Waals surface area contributed by atoms with Crippen LogP contribution in [0.15, 0.2) is 16.2 Å². The molecule has 0 aromatic carbocycles. The topological polar surface area (TPSA) is 67.5 Å². The summed E-state index contributed by atoms with van der Waals surface area (Å²) in [6.45, 7) is 1.60. The minimum absolute atomic E-state index is 0.0411. The van der Waals surface area contributed by atoms with Gasteiger partial charge in [0.05, 0.1) is 23.8 Å². The third-order valence-electron chi connectivity index (χ3n) is 5.70. The third kappa shape index (κ3) is 2.60. The molecule has 2 aromatic heterocycles. The fraction of sp³-hybridized carbons (Fsp3) is 0.647. The Bertz CT molecular complexity index is 789. The predicted molar refractivity (Wildman–Crippen MR) is 93.4 cm³/mol. The molecule has 1 saturated carbocycles. The van der Waals surface area contributed by atoms with Crippen molar-refractivity contribution < 1.29 is 9.47 Å². The van der Waals surface area contributed by atoms with Crippen molar-refractivity contribution in [1.29, 1.82) is 0 Å². The van der Waals surface area contributed by atoms with E-state index in [2.05, 4.69) is 14.9 Å². The van der Waals surface area contributed by atoms with Gasteiger partial charge in [-0.05, 0) is 37.1 Å². The van der Waals surface area contributed by atoms with Crippen LogP contribution in [0.2, 0.25) is 0 Å². The van der Waals surface area contributed by atoms with Crippen LogP contribution >= 0.6 is 11.3 Å². The van der Waals surface area contributed by atoms with Gasteiger partial charge < -0.3 is 14.5 Å². The molecule has 0 spiro atoms. The van der Waals surface area contributed by atoms with Gasteiger partial charge in [-0.2, -0.15) is 0 Å². The molecule has 1 saturated heterocycles. The molecular formula is C17H23N3O3S. The monoisotopic (exact) mass is 349 g/mol. The average Bonchev–Trinajstić information content (AvgIpc) is 3.20. The molecule has 0 unspecified atom stereocenters. The summed E-state index contributed by atoms with van der Waals surface area (Å²) in [5.41, 5.74) is 0.664. The molecule has 1 aliphatic carbocycles. The second kappa shape index (κ2) is 6.22. The first-order valence-corrected chi connectivity index (χ1v) is 9.31. The second-order valence-corrected chi connectivity index (χ2v) is 7.70. The number of nitrogens with zero attached hydrogens (tertiary/aromatic N) is 2. The van der Waals surface area contributed by atoms with Gasteiger partial charge in [-0.3, -0.25) is 9.69 Å². The van der Waals surface area contributed by atoms with Gasteiger partial charge in [0, 0.05) is 26.8 Å². The van der Waals surface area contributed by atoms with E-state index >= 15 is 0 Å². The summed E-state index contributed by atoms with van der Waals surface area (Å²) in [6.07, 6.45) is 4.34. The highest BCUT2D eigenvalue weighted by Crippen LogP contribution is 2.43. The van der Waals surface area contributed by atoms with Crippen molar-refractivity contribution in [3.05, 3.63) is 27.6 Å². The van der Waals surface area contributed by atoms with Crippen LogP contribution in [0.1, 0.15) is 31.5 Å². The smallest absolute Gasteiger partial charge is 0.268 e. The second-order valence-electron chi connectivity index (χ2n) is 6.78. The maximum Gasteiger partial charge on any atom is 0.268 e. The van der Waals surface area contributed by atoms with E-state index in [-0.39, 0.29) is 17.3 Å². The molecule has 1 N–H and O–H groups in total. The van der Waals surface area contributed by atoms with Crippen molar-refractivity contribution in [3.8, 4) is 0 Å². The Morgan fingerprint density at radius 2 is 2.33 bits per heavy atom. The zero-order chi connectivity index (χ0) is 16.7.